The molecule has 3 aromatic rings. The monoisotopic (exact) mass is 477 g/mol. The van der Waals surface area contributed by atoms with E-state index in [2.05, 4.69) is 10.6 Å². The van der Waals surface area contributed by atoms with Gasteiger partial charge >= 0.3 is 0 Å². The van der Waals surface area contributed by atoms with Crippen LogP contribution in [0.5, 0.6) is 0 Å². The Bertz CT molecular complexity index is 1160. The largest absolute Gasteiger partial charge is 0.464 e. The zero-order valence-corrected chi connectivity index (χ0v) is 20.1. The predicted molar refractivity (Wildman–Crippen MR) is 131 cm³/mol. The molecule has 2 heterocycles. The number of anilines is 1. The summed E-state index contributed by atoms with van der Waals surface area (Å²) in [5, 5.41) is 5.73. The number of benzene rings is 1. The van der Waals surface area contributed by atoms with Crippen LogP contribution in [-0.2, 0) is 9.59 Å². The summed E-state index contributed by atoms with van der Waals surface area (Å²) >= 11 is 0. The normalized spacial score (nSPS) is 14.8. The van der Waals surface area contributed by atoms with E-state index in [0.717, 1.165) is 37.7 Å². The molecule has 4 rings (SSSR count). The maximum Gasteiger partial charge on any atom is 0.287 e. The van der Waals surface area contributed by atoms with Crippen molar-refractivity contribution in [2.75, 3.05) is 11.4 Å². The van der Waals surface area contributed by atoms with E-state index < -0.39 is 17.9 Å². The van der Waals surface area contributed by atoms with Gasteiger partial charge in [-0.2, -0.15) is 0 Å². The summed E-state index contributed by atoms with van der Waals surface area (Å²) in [6.07, 6.45) is 6.50. The van der Waals surface area contributed by atoms with E-state index in [1.54, 1.807) is 31.2 Å². The van der Waals surface area contributed by atoms with Crippen molar-refractivity contribution in [1.29, 1.82) is 0 Å². The van der Waals surface area contributed by atoms with Crippen molar-refractivity contribution < 1.29 is 23.2 Å². The molecule has 2 N–H and O–H groups in total. The van der Waals surface area contributed by atoms with E-state index in [0.29, 0.717) is 17.2 Å². The molecule has 0 spiro atoms. The first-order valence-corrected chi connectivity index (χ1v) is 12.0. The van der Waals surface area contributed by atoms with Crippen molar-refractivity contribution in [3.05, 3.63) is 77.6 Å². The zero-order valence-electron chi connectivity index (χ0n) is 20.1. The van der Waals surface area contributed by atoms with E-state index in [-0.39, 0.29) is 24.3 Å². The first kappa shape index (κ1) is 24.3. The lowest BCUT2D eigenvalue weighted by molar-refractivity contribution is -0.127. The van der Waals surface area contributed by atoms with Crippen LogP contribution in [0.1, 0.15) is 65.8 Å². The molecular formula is C27H31N3O5. The number of carbonyl (C=O) groups excluding carboxylic acids is 3. The molecule has 0 saturated heterocycles. The van der Waals surface area contributed by atoms with Crippen LogP contribution in [0, 0.1) is 13.8 Å². The minimum Gasteiger partial charge on any atom is -0.464 e. The number of hydrogen-bond acceptors (Lipinski definition) is 5. The smallest absolute Gasteiger partial charge is 0.287 e. The number of nitrogens with one attached hydrogen (secondary N) is 2. The second-order valence-electron chi connectivity index (χ2n) is 8.96. The van der Waals surface area contributed by atoms with Gasteiger partial charge in [-0.3, -0.25) is 19.3 Å². The third kappa shape index (κ3) is 6.01. The van der Waals surface area contributed by atoms with Gasteiger partial charge in [0.05, 0.1) is 12.8 Å². The molecule has 3 amide bonds. The van der Waals surface area contributed by atoms with E-state index in [1.165, 1.54) is 17.2 Å². The van der Waals surface area contributed by atoms with Crippen LogP contribution in [0.25, 0.3) is 0 Å². The van der Waals surface area contributed by atoms with Gasteiger partial charge in [0.1, 0.15) is 11.5 Å². The summed E-state index contributed by atoms with van der Waals surface area (Å²) in [4.78, 5) is 41.1. The van der Waals surface area contributed by atoms with Crippen LogP contribution in [-0.4, -0.2) is 30.3 Å². The highest BCUT2D eigenvalue weighted by atomic mass is 16.3. The first-order chi connectivity index (χ1) is 16.9. The minimum atomic E-state index is -1.03. The Hall–Kier alpha value is -3.81. The highest BCUT2D eigenvalue weighted by Gasteiger charge is 2.36. The molecule has 1 aliphatic rings. The summed E-state index contributed by atoms with van der Waals surface area (Å²) in [5.74, 6) is -0.161. The van der Waals surface area contributed by atoms with Gasteiger partial charge in [0.25, 0.3) is 11.8 Å². The zero-order chi connectivity index (χ0) is 24.8. The molecule has 1 fully saturated rings. The Kier molecular flexibility index (Phi) is 7.70. The highest BCUT2D eigenvalue weighted by Crippen LogP contribution is 2.30. The standard InChI is InChI=1S/C27H31N3O5/c1-18-8-6-11-21(16-18)30(24(31)17-28-26(32)23-12-7-15-34-23)25(22-14-13-19(2)35-22)27(33)29-20-9-4-3-5-10-20/h6-8,11-16,20,25H,3-5,9-10,17H2,1-2H3,(H,28,32)(H,29,33)/t25-/m0/s1. The van der Waals surface area contributed by atoms with Crippen molar-refractivity contribution in [3.8, 4) is 0 Å². The van der Waals surface area contributed by atoms with Gasteiger partial charge in [-0.05, 0) is 68.7 Å². The van der Waals surface area contributed by atoms with Crippen LogP contribution < -0.4 is 15.5 Å². The van der Waals surface area contributed by atoms with Crippen molar-refractivity contribution in [2.45, 2.75) is 58.0 Å². The van der Waals surface area contributed by atoms with Gasteiger partial charge < -0.3 is 19.5 Å². The lowest BCUT2D eigenvalue weighted by atomic mass is 9.95. The lowest BCUT2D eigenvalue weighted by Crippen LogP contribution is -2.49. The van der Waals surface area contributed by atoms with Crippen molar-refractivity contribution in [2.24, 2.45) is 0 Å². The van der Waals surface area contributed by atoms with E-state index in [9.17, 15) is 14.4 Å². The molecule has 2 aromatic heterocycles. The molecule has 1 aliphatic carbocycles. The number of carbonyl (C=O) groups is 3. The fourth-order valence-electron chi connectivity index (χ4n) is 4.45. The van der Waals surface area contributed by atoms with Gasteiger partial charge in [0.15, 0.2) is 11.8 Å². The summed E-state index contributed by atoms with van der Waals surface area (Å²) in [7, 11) is 0. The molecule has 1 aromatic carbocycles. The molecule has 184 valence electrons. The molecule has 0 bridgehead atoms. The molecule has 35 heavy (non-hydrogen) atoms. The molecule has 0 unspecified atom stereocenters. The third-order valence-electron chi connectivity index (χ3n) is 6.18. The van der Waals surface area contributed by atoms with Gasteiger partial charge in [0, 0.05) is 11.7 Å². The van der Waals surface area contributed by atoms with E-state index in [1.807, 2.05) is 25.1 Å². The average molecular weight is 478 g/mol. The quantitative estimate of drug-likeness (QED) is 0.499. The van der Waals surface area contributed by atoms with Gasteiger partial charge in [0.2, 0.25) is 5.91 Å². The Labute approximate surface area is 204 Å². The highest BCUT2D eigenvalue weighted by molar-refractivity contribution is 6.04. The molecule has 8 nitrogen and oxygen atoms in total. The van der Waals surface area contributed by atoms with E-state index >= 15 is 0 Å². The number of amides is 3. The molecule has 0 radical (unpaired) electrons. The topological polar surface area (TPSA) is 105 Å². The van der Waals surface area contributed by atoms with Crippen LogP contribution in [0.15, 0.2) is 63.6 Å². The van der Waals surface area contributed by atoms with E-state index in [4.69, 9.17) is 8.83 Å². The maximum atomic E-state index is 13.7. The minimum absolute atomic E-state index is 0.0583. The molecule has 8 heteroatoms. The Morgan fingerprint density at radius 3 is 2.49 bits per heavy atom. The van der Waals surface area contributed by atoms with Gasteiger partial charge in [-0.1, -0.05) is 31.4 Å². The molecule has 1 atom stereocenters. The Balaban J connectivity index is 1.65. The number of hydrogen-bond donors (Lipinski definition) is 2. The lowest BCUT2D eigenvalue weighted by Gasteiger charge is -2.32. The number of furan rings is 2. The maximum absolute atomic E-state index is 13.7. The van der Waals surface area contributed by atoms with Crippen LogP contribution >= 0.6 is 0 Å². The fraction of sp³-hybridized carbons (Fsp3) is 0.370. The SMILES string of the molecule is Cc1cccc(N(C(=O)CNC(=O)c2ccco2)[C@H](C(=O)NC2CCCCC2)c2ccc(C)o2)c1. The molecule has 0 aliphatic heterocycles. The van der Waals surface area contributed by atoms with Crippen molar-refractivity contribution in [1.82, 2.24) is 10.6 Å². The van der Waals surface area contributed by atoms with Gasteiger partial charge in [-0.15, -0.1) is 0 Å². The second-order valence-corrected chi connectivity index (χ2v) is 8.96. The van der Waals surface area contributed by atoms with Crippen molar-refractivity contribution in [3.63, 3.8) is 0 Å². The summed E-state index contributed by atoms with van der Waals surface area (Å²) in [6.45, 7) is 3.39. The van der Waals surface area contributed by atoms with Gasteiger partial charge in [-0.25, -0.2) is 0 Å². The summed E-state index contributed by atoms with van der Waals surface area (Å²) in [6, 6.07) is 13.0. The van der Waals surface area contributed by atoms with Crippen LogP contribution in [0.2, 0.25) is 0 Å². The Morgan fingerprint density at radius 1 is 1.03 bits per heavy atom. The predicted octanol–water partition coefficient (Wildman–Crippen LogP) is 4.44. The summed E-state index contributed by atoms with van der Waals surface area (Å²) in [5.41, 5.74) is 1.47. The number of nitrogens with zero attached hydrogens (tertiary/aromatic N) is 1. The number of rotatable bonds is 8. The van der Waals surface area contributed by atoms with Crippen LogP contribution in [0.4, 0.5) is 5.69 Å². The Morgan fingerprint density at radius 2 is 1.83 bits per heavy atom. The van der Waals surface area contributed by atoms with Crippen molar-refractivity contribution >= 4 is 23.4 Å². The first-order valence-electron chi connectivity index (χ1n) is 12.0. The average Bonchev–Trinajstić information content (AvgIpc) is 3.53. The van der Waals surface area contributed by atoms with Crippen LogP contribution in [0.3, 0.4) is 0 Å². The third-order valence-corrected chi connectivity index (χ3v) is 6.18. The second kappa shape index (κ2) is 11.1. The molecule has 1 saturated carbocycles. The molecular weight excluding hydrogens is 446 g/mol. The number of aryl methyl sites for hydroxylation is 2. The summed E-state index contributed by atoms with van der Waals surface area (Å²) < 4.78 is 11.0. The fourth-order valence-corrected chi connectivity index (χ4v) is 4.45.